The van der Waals surface area contributed by atoms with Gasteiger partial charge in [0.2, 0.25) is 0 Å². The summed E-state index contributed by atoms with van der Waals surface area (Å²) in [5.41, 5.74) is 3.94. The van der Waals surface area contributed by atoms with E-state index < -0.39 is 0 Å². The van der Waals surface area contributed by atoms with Crippen molar-refractivity contribution in [1.29, 1.82) is 0 Å². The maximum Gasteiger partial charge on any atom is 0.137 e. The van der Waals surface area contributed by atoms with Crippen molar-refractivity contribution in [2.24, 2.45) is 0 Å². The van der Waals surface area contributed by atoms with E-state index in [0.29, 0.717) is 11.1 Å². The third kappa shape index (κ3) is 3.41. The molecular weight excluding hydrogens is 343 g/mol. The highest BCUT2D eigenvalue weighted by Gasteiger charge is 2.44. The van der Waals surface area contributed by atoms with Gasteiger partial charge in [0.05, 0.1) is 17.7 Å². The first-order valence-corrected chi connectivity index (χ1v) is 8.53. The predicted octanol–water partition coefficient (Wildman–Crippen LogP) is 5.40. The lowest BCUT2D eigenvalue weighted by atomic mass is 9.95. The molecule has 0 saturated heterocycles. The van der Waals surface area contributed by atoms with E-state index >= 15 is 0 Å². The lowest BCUT2D eigenvalue weighted by molar-refractivity contribution is 0.100. The summed E-state index contributed by atoms with van der Waals surface area (Å²) in [5.74, 6) is -0.238. The highest BCUT2D eigenvalue weighted by molar-refractivity contribution is 9.10. The summed E-state index contributed by atoms with van der Waals surface area (Å²) in [6, 6.07) is 13.9. The topological polar surface area (TPSA) is 9.23 Å². The molecule has 1 saturated carbocycles. The highest BCUT2D eigenvalue weighted by atomic mass is 79.9. The van der Waals surface area contributed by atoms with Crippen LogP contribution in [0, 0.1) is 5.82 Å². The Hall–Kier alpha value is -1.19. The molecule has 2 aromatic rings. The summed E-state index contributed by atoms with van der Waals surface area (Å²) in [5, 5.41) is 0. The van der Waals surface area contributed by atoms with E-state index in [4.69, 9.17) is 4.74 Å². The van der Waals surface area contributed by atoms with Crippen molar-refractivity contribution in [1.82, 2.24) is 0 Å². The maximum absolute atomic E-state index is 13.2. The minimum absolute atomic E-state index is 0.198. The molecule has 22 heavy (non-hydrogen) atoms. The van der Waals surface area contributed by atoms with Crippen LogP contribution in [0.2, 0.25) is 0 Å². The lowest BCUT2D eigenvalue weighted by Crippen LogP contribution is -2.15. The molecule has 116 valence electrons. The Morgan fingerprint density at radius 2 is 1.77 bits per heavy atom. The Morgan fingerprint density at radius 1 is 1.09 bits per heavy atom. The van der Waals surface area contributed by atoms with Gasteiger partial charge in [-0.2, -0.15) is 0 Å². The number of rotatable bonds is 6. The number of benzene rings is 2. The zero-order valence-electron chi connectivity index (χ0n) is 12.7. The van der Waals surface area contributed by atoms with E-state index in [9.17, 15) is 4.39 Å². The summed E-state index contributed by atoms with van der Waals surface area (Å²) >= 11 is 3.21. The van der Waals surface area contributed by atoms with E-state index in [0.717, 1.165) is 18.6 Å². The Balaban J connectivity index is 1.59. The fourth-order valence-electron chi connectivity index (χ4n) is 2.75. The number of aryl methyl sites for hydroxylation is 1. The van der Waals surface area contributed by atoms with Gasteiger partial charge in [-0.25, -0.2) is 4.39 Å². The quantitative estimate of drug-likeness (QED) is 0.668. The monoisotopic (exact) mass is 362 g/mol. The van der Waals surface area contributed by atoms with E-state index in [1.165, 1.54) is 30.0 Å². The molecular formula is C19H20BrFO. The van der Waals surface area contributed by atoms with Crippen molar-refractivity contribution in [3.05, 3.63) is 69.4 Å². The fourth-order valence-corrected chi connectivity index (χ4v) is 3.18. The normalized spacial score (nSPS) is 15.8. The third-order valence-electron chi connectivity index (χ3n) is 4.46. The van der Waals surface area contributed by atoms with Crippen LogP contribution in [-0.4, -0.2) is 6.61 Å². The smallest absolute Gasteiger partial charge is 0.137 e. The van der Waals surface area contributed by atoms with Gasteiger partial charge in [-0.1, -0.05) is 37.3 Å². The Labute approximate surface area is 139 Å². The molecule has 0 aliphatic heterocycles. The molecule has 0 N–H and O–H groups in total. The van der Waals surface area contributed by atoms with Gasteiger partial charge in [0.1, 0.15) is 5.82 Å². The average molecular weight is 363 g/mol. The summed E-state index contributed by atoms with van der Waals surface area (Å²) in [7, 11) is 0. The van der Waals surface area contributed by atoms with Crippen LogP contribution < -0.4 is 0 Å². The summed E-state index contributed by atoms with van der Waals surface area (Å²) in [6.07, 6.45) is 3.44. The van der Waals surface area contributed by atoms with Crippen LogP contribution in [-0.2, 0) is 23.2 Å². The molecule has 1 aliphatic carbocycles. The van der Waals surface area contributed by atoms with Crippen LogP contribution >= 0.6 is 15.9 Å². The molecule has 0 spiro atoms. The summed E-state index contributed by atoms with van der Waals surface area (Å²) in [6.45, 7) is 3.42. The molecule has 0 amide bonds. The number of ether oxygens (including phenoxy) is 1. The fraction of sp³-hybridized carbons (Fsp3) is 0.368. The van der Waals surface area contributed by atoms with E-state index in [2.05, 4.69) is 47.1 Å². The van der Waals surface area contributed by atoms with Crippen molar-refractivity contribution in [2.45, 2.75) is 38.2 Å². The van der Waals surface area contributed by atoms with Crippen LogP contribution in [0.4, 0.5) is 4.39 Å². The molecule has 3 heteroatoms. The van der Waals surface area contributed by atoms with Gasteiger partial charge >= 0.3 is 0 Å². The van der Waals surface area contributed by atoms with Gasteiger partial charge < -0.3 is 4.74 Å². The molecule has 0 unspecified atom stereocenters. The first-order chi connectivity index (χ1) is 10.6. The van der Waals surface area contributed by atoms with E-state index in [-0.39, 0.29) is 11.2 Å². The van der Waals surface area contributed by atoms with Crippen LogP contribution in [0.15, 0.2) is 46.9 Å². The molecule has 0 bridgehead atoms. The number of hydrogen-bond acceptors (Lipinski definition) is 1. The molecule has 3 rings (SSSR count). The Bertz CT molecular complexity index is 647. The second-order valence-corrected chi connectivity index (χ2v) is 6.93. The zero-order chi connectivity index (χ0) is 15.6. The molecule has 1 nitrogen and oxygen atoms in total. The molecule has 1 aliphatic rings. The second kappa shape index (κ2) is 6.51. The Morgan fingerprint density at radius 3 is 2.36 bits per heavy atom. The minimum Gasteiger partial charge on any atom is -0.376 e. The summed E-state index contributed by atoms with van der Waals surface area (Å²) < 4.78 is 19.6. The molecule has 0 aromatic heterocycles. The maximum atomic E-state index is 13.2. The lowest BCUT2D eigenvalue weighted by Gasteiger charge is -2.16. The van der Waals surface area contributed by atoms with Crippen molar-refractivity contribution in [3.8, 4) is 0 Å². The summed E-state index contributed by atoms with van der Waals surface area (Å²) in [4.78, 5) is 0. The average Bonchev–Trinajstić information content (AvgIpc) is 3.32. The van der Waals surface area contributed by atoms with E-state index in [1.54, 1.807) is 12.1 Å². The van der Waals surface area contributed by atoms with Crippen molar-refractivity contribution < 1.29 is 9.13 Å². The standard InChI is InChI=1S/C19H20BrFO/c1-2-14-3-6-16(7-4-14)19(9-10-19)13-22-12-15-5-8-18(21)17(20)11-15/h3-8,11H,2,9-10,12-13H2,1H3. The largest absolute Gasteiger partial charge is 0.376 e. The third-order valence-corrected chi connectivity index (χ3v) is 5.07. The van der Waals surface area contributed by atoms with Gasteiger partial charge in [0.25, 0.3) is 0 Å². The first kappa shape index (κ1) is 15.7. The molecule has 0 heterocycles. The molecule has 1 fully saturated rings. The first-order valence-electron chi connectivity index (χ1n) is 7.74. The van der Waals surface area contributed by atoms with Crippen molar-refractivity contribution >= 4 is 15.9 Å². The van der Waals surface area contributed by atoms with Crippen LogP contribution in [0.1, 0.15) is 36.5 Å². The van der Waals surface area contributed by atoms with Gasteiger partial charge in [0, 0.05) is 5.41 Å². The van der Waals surface area contributed by atoms with Crippen LogP contribution in [0.3, 0.4) is 0 Å². The minimum atomic E-state index is -0.238. The van der Waals surface area contributed by atoms with Gasteiger partial charge in [-0.15, -0.1) is 0 Å². The predicted molar refractivity (Wildman–Crippen MR) is 90.5 cm³/mol. The van der Waals surface area contributed by atoms with Crippen LogP contribution in [0.25, 0.3) is 0 Å². The number of halogens is 2. The SMILES string of the molecule is CCc1ccc(C2(COCc3ccc(F)c(Br)c3)CC2)cc1. The molecule has 0 atom stereocenters. The Kier molecular flexibility index (Phi) is 4.65. The van der Waals surface area contributed by atoms with Crippen molar-refractivity contribution in [2.75, 3.05) is 6.61 Å². The zero-order valence-corrected chi connectivity index (χ0v) is 14.3. The molecule has 2 aromatic carbocycles. The van der Waals surface area contributed by atoms with Gasteiger partial charge in [0.15, 0.2) is 0 Å². The van der Waals surface area contributed by atoms with Crippen molar-refractivity contribution in [3.63, 3.8) is 0 Å². The second-order valence-electron chi connectivity index (χ2n) is 6.07. The van der Waals surface area contributed by atoms with Gasteiger partial charge in [-0.3, -0.25) is 0 Å². The number of hydrogen-bond donors (Lipinski definition) is 0. The molecule has 0 radical (unpaired) electrons. The van der Waals surface area contributed by atoms with Gasteiger partial charge in [-0.05, 0) is 64.0 Å². The van der Waals surface area contributed by atoms with Crippen LogP contribution in [0.5, 0.6) is 0 Å². The highest BCUT2D eigenvalue weighted by Crippen LogP contribution is 2.48. The van der Waals surface area contributed by atoms with E-state index in [1.807, 2.05) is 0 Å².